The van der Waals surface area contributed by atoms with E-state index in [1.807, 2.05) is 39.1 Å². The van der Waals surface area contributed by atoms with Crippen LogP contribution in [0.3, 0.4) is 0 Å². The van der Waals surface area contributed by atoms with Gasteiger partial charge in [0.1, 0.15) is 0 Å². The highest BCUT2D eigenvalue weighted by Crippen LogP contribution is 2.41. The molecule has 1 N–H and O–H groups in total. The van der Waals surface area contributed by atoms with Crippen LogP contribution >= 0.6 is 0 Å². The van der Waals surface area contributed by atoms with E-state index in [0.29, 0.717) is 11.3 Å². The third-order valence-corrected chi connectivity index (χ3v) is 5.88. The van der Waals surface area contributed by atoms with Gasteiger partial charge < -0.3 is 5.32 Å². The molecule has 3 nitrogen and oxygen atoms in total. The van der Waals surface area contributed by atoms with Crippen LogP contribution in [0.4, 0.5) is 0 Å². The van der Waals surface area contributed by atoms with E-state index in [2.05, 4.69) is 5.32 Å². The van der Waals surface area contributed by atoms with E-state index in [1.165, 1.54) is 0 Å². The highest BCUT2D eigenvalue weighted by atomic mass is 32.2. The van der Waals surface area contributed by atoms with Crippen LogP contribution in [0, 0.1) is 6.92 Å². The zero-order valence-corrected chi connectivity index (χ0v) is 10.6. The van der Waals surface area contributed by atoms with Crippen molar-refractivity contribution in [3.8, 4) is 0 Å². The van der Waals surface area contributed by atoms with Crippen LogP contribution in [0.25, 0.3) is 0 Å². The van der Waals surface area contributed by atoms with Crippen LogP contribution in [-0.2, 0) is 9.84 Å². The maximum Gasteiger partial charge on any atom is 0.183 e. The summed E-state index contributed by atoms with van der Waals surface area (Å²) in [6.45, 7) is 3.79. The summed E-state index contributed by atoms with van der Waals surface area (Å²) >= 11 is 0. The van der Waals surface area contributed by atoms with Gasteiger partial charge in [0.15, 0.2) is 9.84 Å². The molecule has 0 saturated carbocycles. The molecule has 0 aliphatic carbocycles. The quantitative estimate of drug-likeness (QED) is 0.856. The van der Waals surface area contributed by atoms with Gasteiger partial charge in [0, 0.05) is 0 Å². The van der Waals surface area contributed by atoms with Crippen molar-refractivity contribution < 1.29 is 8.42 Å². The minimum atomic E-state index is -3.15. The first kappa shape index (κ1) is 11.6. The Morgan fingerprint density at radius 2 is 2.06 bits per heavy atom. The second-order valence-corrected chi connectivity index (χ2v) is 6.36. The molecule has 2 atom stereocenters. The normalized spacial score (nSPS) is 26.7. The third-order valence-electron chi connectivity index (χ3n) is 3.35. The van der Waals surface area contributed by atoms with Crippen LogP contribution in [0.1, 0.15) is 30.5 Å². The summed E-state index contributed by atoms with van der Waals surface area (Å²) in [4.78, 5) is 0.543. The maximum atomic E-state index is 12.4. The molecule has 2 unspecified atom stereocenters. The van der Waals surface area contributed by atoms with Gasteiger partial charge in [-0.2, -0.15) is 0 Å². The molecule has 2 rings (SSSR count). The summed E-state index contributed by atoms with van der Waals surface area (Å²) in [5.74, 6) is 0. The molecule has 0 spiro atoms. The fourth-order valence-corrected chi connectivity index (χ4v) is 5.06. The third kappa shape index (κ3) is 1.40. The molecule has 1 aliphatic rings. The van der Waals surface area contributed by atoms with Crippen LogP contribution < -0.4 is 5.32 Å². The molecule has 0 amide bonds. The molecule has 1 aliphatic heterocycles. The van der Waals surface area contributed by atoms with Gasteiger partial charge in [-0.1, -0.05) is 25.1 Å². The van der Waals surface area contributed by atoms with Crippen molar-refractivity contribution in [1.29, 1.82) is 0 Å². The standard InChI is InChI=1S/C12H17NO2S/c1-4-10-11(13-3)9-7-5-6-8(2)12(9)16(10,14)15/h5-7,10-11,13H,4H2,1-3H3. The second kappa shape index (κ2) is 3.86. The molecule has 4 heteroatoms. The lowest BCUT2D eigenvalue weighted by molar-refractivity contribution is 0.528. The molecule has 0 saturated heterocycles. The van der Waals surface area contributed by atoms with Gasteiger partial charge in [0.2, 0.25) is 0 Å². The van der Waals surface area contributed by atoms with Crippen LogP contribution in [0.15, 0.2) is 23.1 Å². The Balaban J connectivity index is 2.72. The Kier molecular flexibility index (Phi) is 2.80. The predicted octanol–water partition coefficient (Wildman–Crippen LogP) is 1.82. The zero-order valence-electron chi connectivity index (χ0n) is 9.82. The molecule has 0 radical (unpaired) electrons. The van der Waals surface area contributed by atoms with Gasteiger partial charge in [0.25, 0.3) is 0 Å². The fourth-order valence-electron chi connectivity index (χ4n) is 2.64. The van der Waals surface area contributed by atoms with Crippen molar-refractivity contribution in [2.24, 2.45) is 0 Å². The fraction of sp³-hybridized carbons (Fsp3) is 0.500. The van der Waals surface area contributed by atoms with E-state index >= 15 is 0 Å². The van der Waals surface area contributed by atoms with Gasteiger partial charge >= 0.3 is 0 Å². The van der Waals surface area contributed by atoms with E-state index in [1.54, 1.807) is 0 Å². The van der Waals surface area contributed by atoms with Gasteiger partial charge in [-0.05, 0) is 31.5 Å². The van der Waals surface area contributed by atoms with Gasteiger partial charge in [-0.3, -0.25) is 0 Å². The van der Waals surface area contributed by atoms with Crippen molar-refractivity contribution in [2.75, 3.05) is 7.05 Å². The Morgan fingerprint density at radius 3 is 2.62 bits per heavy atom. The molecule has 1 aromatic carbocycles. The predicted molar refractivity (Wildman–Crippen MR) is 64.2 cm³/mol. The monoisotopic (exact) mass is 239 g/mol. The van der Waals surface area contributed by atoms with Crippen LogP contribution in [-0.4, -0.2) is 20.7 Å². The van der Waals surface area contributed by atoms with Gasteiger partial charge in [-0.15, -0.1) is 0 Å². The first-order valence-corrected chi connectivity index (χ1v) is 7.09. The first-order valence-electron chi connectivity index (χ1n) is 5.54. The molecule has 1 heterocycles. The summed E-state index contributed by atoms with van der Waals surface area (Å²) in [5, 5.41) is 2.80. The van der Waals surface area contributed by atoms with E-state index in [0.717, 1.165) is 11.1 Å². The minimum Gasteiger partial charge on any atom is -0.312 e. The molecule has 1 aromatic rings. The molecule has 0 fully saturated rings. The number of nitrogens with one attached hydrogen (secondary N) is 1. The smallest absolute Gasteiger partial charge is 0.183 e. The molecular formula is C12H17NO2S. The lowest BCUT2D eigenvalue weighted by Gasteiger charge is -2.16. The Bertz CT molecular complexity index is 508. The SMILES string of the molecule is CCC1C(NC)c2cccc(C)c2S1(=O)=O. The second-order valence-electron chi connectivity index (χ2n) is 4.25. The van der Waals surface area contributed by atoms with Crippen molar-refractivity contribution in [2.45, 2.75) is 36.5 Å². The summed E-state index contributed by atoms with van der Waals surface area (Å²) in [6, 6.07) is 5.63. The summed E-state index contributed by atoms with van der Waals surface area (Å²) < 4.78 is 24.7. The lowest BCUT2D eigenvalue weighted by atomic mass is 10.0. The summed E-state index contributed by atoms with van der Waals surface area (Å²) in [5.41, 5.74) is 1.78. The highest BCUT2D eigenvalue weighted by Gasteiger charge is 2.43. The molecule has 0 aromatic heterocycles. The topological polar surface area (TPSA) is 46.2 Å². The number of sulfone groups is 1. The number of hydrogen-bond acceptors (Lipinski definition) is 3. The van der Waals surface area contributed by atoms with Crippen molar-refractivity contribution >= 4 is 9.84 Å². The Morgan fingerprint density at radius 1 is 1.38 bits per heavy atom. The van der Waals surface area contributed by atoms with E-state index in [9.17, 15) is 8.42 Å². The lowest BCUT2D eigenvalue weighted by Crippen LogP contribution is -2.28. The summed E-state index contributed by atoms with van der Waals surface area (Å²) in [7, 11) is -1.33. The average molecular weight is 239 g/mol. The van der Waals surface area contributed by atoms with Crippen molar-refractivity contribution in [3.63, 3.8) is 0 Å². The van der Waals surface area contributed by atoms with Gasteiger partial charge in [0.05, 0.1) is 16.2 Å². The minimum absolute atomic E-state index is 0.0649. The first-order chi connectivity index (χ1) is 7.54. The molecule has 16 heavy (non-hydrogen) atoms. The van der Waals surface area contributed by atoms with E-state index in [-0.39, 0.29) is 11.3 Å². The average Bonchev–Trinajstić information content (AvgIpc) is 2.46. The number of rotatable bonds is 2. The highest BCUT2D eigenvalue weighted by molar-refractivity contribution is 7.92. The van der Waals surface area contributed by atoms with Crippen molar-refractivity contribution in [1.82, 2.24) is 5.32 Å². The van der Waals surface area contributed by atoms with Crippen LogP contribution in [0.5, 0.6) is 0 Å². The van der Waals surface area contributed by atoms with E-state index in [4.69, 9.17) is 0 Å². The molecule has 88 valence electrons. The number of fused-ring (bicyclic) bond motifs is 1. The number of benzene rings is 1. The zero-order chi connectivity index (χ0) is 11.9. The largest absolute Gasteiger partial charge is 0.312 e. The number of aryl methyl sites for hydroxylation is 1. The molecular weight excluding hydrogens is 222 g/mol. The summed E-state index contributed by atoms with van der Waals surface area (Å²) in [6.07, 6.45) is 0.641. The molecule has 0 bridgehead atoms. The Hall–Kier alpha value is -0.870. The maximum absolute atomic E-state index is 12.4. The number of hydrogen-bond donors (Lipinski definition) is 1. The van der Waals surface area contributed by atoms with Crippen molar-refractivity contribution in [3.05, 3.63) is 29.3 Å². The van der Waals surface area contributed by atoms with E-state index < -0.39 is 9.84 Å². The van der Waals surface area contributed by atoms with Crippen LogP contribution in [0.2, 0.25) is 0 Å². The Labute approximate surface area is 96.8 Å². The van der Waals surface area contributed by atoms with Gasteiger partial charge in [-0.25, -0.2) is 8.42 Å².